The van der Waals surface area contributed by atoms with Crippen LogP contribution in [0.5, 0.6) is 0 Å². The zero-order chi connectivity index (χ0) is 22.9. The summed E-state index contributed by atoms with van der Waals surface area (Å²) in [5, 5.41) is 0.711. The highest BCUT2D eigenvalue weighted by atomic mass is 32.2. The molecule has 32 heavy (non-hydrogen) atoms. The van der Waals surface area contributed by atoms with Crippen molar-refractivity contribution in [1.29, 1.82) is 0 Å². The minimum atomic E-state index is -4.60. The van der Waals surface area contributed by atoms with Gasteiger partial charge in [0.1, 0.15) is 5.82 Å². The number of nitrogens with zero attached hydrogens (tertiary/aromatic N) is 4. The van der Waals surface area contributed by atoms with Crippen LogP contribution in [0.4, 0.5) is 18.3 Å². The molecule has 0 amide bonds. The second kappa shape index (κ2) is 8.80. The zero-order valence-corrected chi connectivity index (χ0v) is 18.8. The van der Waals surface area contributed by atoms with Crippen LogP contribution in [0.1, 0.15) is 22.5 Å². The molecule has 4 rings (SSSR count). The van der Waals surface area contributed by atoms with Crippen LogP contribution in [0.2, 0.25) is 0 Å². The standard InChI is InChI=1S/C21H21F3N4O2S2/c1-15-5-7-16(8-6-15)13-19-25-20(31-26-19)27-9-11-28(12-10-27)32(29,30)18-4-2-3-17(14-18)21(22,23)24/h2-8,14H,9-13H2,1H3. The Balaban J connectivity index is 1.41. The van der Waals surface area contributed by atoms with Crippen LogP contribution in [0, 0.1) is 6.92 Å². The molecule has 3 aromatic rings. The van der Waals surface area contributed by atoms with Crippen LogP contribution < -0.4 is 4.90 Å². The van der Waals surface area contributed by atoms with Gasteiger partial charge in [-0.3, -0.25) is 0 Å². The molecular formula is C21H21F3N4O2S2. The Hall–Kier alpha value is -2.50. The Labute approximate surface area is 188 Å². The summed E-state index contributed by atoms with van der Waals surface area (Å²) in [5.41, 5.74) is 1.31. The van der Waals surface area contributed by atoms with Crippen molar-refractivity contribution in [1.82, 2.24) is 13.7 Å². The van der Waals surface area contributed by atoms with Crippen molar-refractivity contribution < 1.29 is 21.6 Å². The summed E-state index contributed by atoms with van der Waals surface area (Å²) >= 11 is 1.26. The van der Waals surface area contributed by atoms with Crippen LogP contribution >= 0.6 is 11.5 Å². The normalized spacial score (nSPS) is 15.8. The molecule has 1 fully saturated rings. The first-order chi connectivity index (χ1) is 15.1. The van der Waals surface area contributed by atoms with E-state index >= 15 is 0 Å². The summed E-state index contributed by atoms with van der Waals surface area (Å²) < 4.78 is 70.2. The number of piperazine rings is 1. The zero-order valence-electron chi connectivity index (χ0n) is 17.2. The number of alkyl halides is 3. The predicted octanol–water partition coefficient (Wildman–Crippen LogP) is 3.97. The number of sulfonamides is 1. The van der Waals surface area contributed by atoms with Crippen LogP contribution in [0.25, 0.3) is 0 Å². The molecule has 0 radical (unpaired) electrons. The van der Waals surface area contributed by atoms with Gasteiger partial charge < -0.3 is 4.90 Å². The molecule has 11 heteroatoms. The van der Waals surface area contributed by atoms with Crippen LogP contribution in [-0.2, 0) is 22.6 Å². The molecule has 1 aliphatic heterocycles. The first-order valence-corrected chi connectivity index (χ1v) is 12.1. The van der Waals surface area contributed by atoms with E-state index in [2.05, 4.69) is 9.36 Å². The summed E-state index contributed by atoms with van der Waals surface area (Å²) in [5.74, 6) is 0.702. The lowest BCUT2D eigenvalue weighted by Gasteiger charge is -2.33. The van der Waals surface area contributed by atoms with E-state index < -0.39 is 21.8 Å². The van der Waals surface area contributed by atoms with E-state index in [1.807, 2.05) is 36.1 Å². The van der Waals surface area contributed by atoms with Crippen molar-refractivity contribution in [3.8, 4) is 0 Å². The molecule has 6 nitrogen and oxygen atoms in total. The number of aromatic nitrogens is 2. The number of aryl methyl sites for hydroxylation is 1. The number of anilines is 1. The predicted molar refractivity (Wildman–Crippen MR) is 116 cm³/mol. The van der Waals surface area contributed by atoms with Gasteiger partial charge in [-0.2, -0.15) is 21.9 Å². The Morgan fingerprint density at radius 3 is 2.38 bits per heavy atom. The summed E-state index contributed by atoms with van der Waals surface area (Å²) in [6.07, 6.45) is -3.99. The average Bonchev–Trinajstić information content (AvgIpc) is 3.23. The third kappa shape index (κ3) is 4.94. The van der Waals surface area contributed by atoms with Gasteiger partial charge in [0.2, 0.25) is 15.2 Å². The van der Waals surface area contributed by atoms with Gasteiger partial charge in [0.05, 0.1) is 10.5 Å². The number of hydrogen-bond acceptors (Lipinski definition) is 6. The summed E-state index contributed by atoms with van der Waals surface area (Å²) in [6.45, 7) is 3.11. The maximum Gasteiger partial charge on any atom is 0.416 e. The fraction of sp³-hybridized carbons (Fsp3) is 0.333. The maximum atomic E-state index is 13.0. The Kier molecular flexibility index (Phi) is 6.24. The van der Waals surface area contributed by atoms with E-state index in [-0.39, 0.29) is 18.0 Å². The fourth-order valence-electron chi connectivity index (χ4n) is 3.44. The van der Waals surface area contributed by atoms with Gasteiger partial charge >= 0.3 is 6.18 Å². The number of hydrogen-bond donors (Lipinski definition) is 0. The van der Waals surface area contributed by atoms with E-state index in [4.69, 9.17) is 0 Å². The van der Waals surface area contributed by atoms with Gasteiger partial charge in [-0.1, -0.05) is 35.9 Å². The van der Waals surface area contributed by atoms with Gasteiger partial charge in [-0.25, -0.2) is 13.4 Å². The second-order valence-corrected chi connectivity index (χ2v) is 10.2. The van der Waals surface area contributed by atoms with Crippen LogP contribution in [-0.4, -0.2) is 48.3 Å². The quantitative estimate of drug-likeness (QED) is 0.551. The monoisotopic (exact) mass is 482 g/mol. The molecule has 170 valence electrons. The Morgan fingerprint density at radius 2 is 1.72 bits per heavy atom. The SMILES string of the molecule is Cc1ccc(Cc2nsc(N3CCN(S(=O)(=O)c4cccc(C(F)(F)F)c4)CC3)n2)cc1. The van der Waals surface area contributed by atoms with Crippen molar-refractivity contribution >= 4 is 26.7 Å². The lowest BCUT2D eigenvalue weighted by Crippen LogP contribution is -2.48. The molecule has 1 aliphatic rings. The molecular weight excluding hydrogens is 461 g/mol. The fourth-order valence-corrected chi connectivity index (χ4v) is 5.64. The van der Waals surface area contributed by atoms with Gasteiger partial charge in [0.25, 0.3) is 0 Å². The lowest BCUT2D eigenvalue weighted by atomic mass is 10.1. The highest BCUT2D eigenvalue weighted by molar-refractivity contribution is 7.89. The lowest BCUT2D eigenvalue weighted by molar-refractivity contribution is -0.137. The Bertz CT molecular complexity index is 1190. The van der Waals surface area contributed by atoms with Crippen molar-refractivity contribution in [3.05, 3.63) is 71.0 Å². The molecule has 2 aromatic carbocycles. The molecule has 0 saturated carbocycles. The van der Waals surface area contributed by atoms with Crippen molar-refractivity contribution in [2.45, 2.75) is 24.4 Å². The Morgan fingerprint density at radius 1 is 1.03 bits per heavy atom. The van der Waals surface area contributed by atoms with Crippen LogP contribution in [0.3, 0.4) is 0 Å². The maximum absolute atomic E-state index is 13.0. The molecule has 0 N–H and O–H groups in total. The van der Waals surface area contributed by atoms with E-state index in [0.717, 1.165) is 17.7 Å². The van der Waals surface area contributed by atoms with Crippen LogP contribution in [0.15, 0.2) is 53.4 Å². The summed E-state index contributed by atoms with van der Waals surface area (Å²) in [7, 11) is -4.02. The topological polar surface area (TPSA) is 66.4 Å². The molecule has 0 atom stereocenters. The van der Waals surface area contributed by atoms with E-state index in [1.54, 1.807) is 0 Å². The van der Waals surface area contributed by atoms with Crippen molar-refractivity contribution in [2.75, 3.05) is 31.1 Å². The summed E-state index contributed by atoms with van der Waals surface area (Å²) in [6, 6.07) is 12.0. The van der Waals surface area contributed by atoms with E-state index in [9.17, 15) is 21.6 Å². The van der Waals surface area contributed by atoms with Gasteiger partial charge in [-0.05, 0) is 30.7 Å². The number of benzene rings is 2. The van der Waals surface area contributed by atoms with Gasteiger partial charge in [-0.15, -0.1) is 0 Å². The summed E-state index contributed by atoms with van der Waals surface area (Å²) in [4.78, 5) is 6.18. The molecule has 0 unspecified atom stereocenters. The van der Waals surface area contributed by atoms with E-state index in [1.165, 1.54) is 27.5 Å². The van der Waals surface area contributed by atoms with Crippen molar-refractivity contribution in [3.63, 3.8) is 0 Å². The second-order valence-electron chi connectivity index (χ2n) is 7.57. The molecule has 1 aromatic heterocycles. The smallest absolute Gasteiger partial charge is 0.344 e. The molecule has 1 saturated heterocycles. The molecule has 2 heterocycles. The third-order valence-electron chi connectivity index (χ3n) is 5.25. The van der Waals surface area contributed by atoms with Gasteiger partial charge in [0, 0.05) is 44.1 Å². The van der Waals surface area contributed by atoms with Crippen molar-refractivity contribution in [2.24, 2.45) is 0 Å². The highest BCUT2D eigenvalue weighted by Gasteiger charge is 2.34. The van der Waals surface area contributed by atoms with Gasteiger partial charge in [0.15, 0.2) is 0 Å². The van der Waals surface area contributed by atoms with E-state index in [0.29, 0.717) is 36.5 Å². The number of rotatable bonds is 5. The third-order valence-corrected chi connectivity index (χ3v) is 7.96. The minimum Gasteiger partial charge on any atom is -0.344 e. The molecule has 0 bridgehead atoms. The first-order valence-electron chi connectivity index (χ1n) is 9.93. The average molecular weight is 483 g/mol. The largest absolute Gasteiger partial charge is 0.416 e. The highest BCUT2D eigenvalue weighted by Crippen LogP contribution is 2.31. The number of halogens is 3. The minimum absolute atomic E-state index is 0.158. The molecule has 0 spiro atoms. The molecule has 0 aliphatic carbocycles. The first kappa shape index (κ1) is 22.7.